The molecule has 0 aromatic heterocycles. The van der Waals surface area contributed by atoms with Crippen molar-refractivity contribution >= 4 is 12.0 Å². The summed E-state index contributed by atoms with van der Waals surface area (Å²) in [5.41, 5.74) is -1.21. The van der Waals surface area contributed by atoms with E-state index in [1.165, 1.54) is 25.8 Å². The third kappa shape index (κ3) is 3.59. The average molecular weight is 272 g/mol. The van der Waals surface area contributed by atoms with E-state index >= 15 is 0 Å². The maximum absolute atomic E-state index is 12.3. The molecule has 110 valence electrons. The van der Waals surface area contributed by atoms with Gasteiger partial charge in [0.05, 0.1) is 6.10 Å². The number of piperidine rings is 1. The number of ether oxygens (including phenoxy) is 1. The second-order valence-electron chi connectivity index (χ2n) is 5.37. The fourth-order valence-electron chi connectivity index (χ4n) is 2.08. The molecule has 1 rings (SSSR count). The Balaban J connectivity index is 2.69. The maximum Gasteiger partial charge on any atom is 0.329 e. The van der Waals surface area contributed by atoms with E-state index in [1.54, 1.807) is 4.90 Å². The van der Waals surface area contributed by atoms with Crippen LogP contribution in [0.4, 0.5) is 4.79 Å². The molecule has 2 amide bonds. The Labute approximate surface area is 114 Å². The lowest BCUT2D eigenvalue weighted by molar-refractivity contribution is -0.147. The highest BCUT2D eigenvalue weighted by Crippen LogP contribution is 2.19. The highest BCUT2D eigenvalue weighted by Gasteiger charge is 2.38. The number of hydrogen-bond donors (Lipinski definition) is 1. The van der Waals surface area contributed by atoms with Crippen LogP contribution in [-0.4, -0.2) is 65.3 Å². The maximum atomic E-state index is 12.3. The molecule has 0 aromatic carbocycles. The van der Waals surface area contributed by atoms with Crippen LogP contribution in [0, 0.1) is 0 Å². The number of likely N-dealkylation sites (tertiary alicyclic amines) is 1. The molecule has 0 saturated carbocycles. The summed E-state index contributed by atoms with van der Waals surface area (Å²) in [5, 5.41) is 9.16. The topological polar surface area (TPSA) is 70.1 Å². The number of carboxylic acid groups (broad SMARTS) is 1. The van der Waals surface area contributed by atoms with Gasteiger partial charge in [0.2, 0.25) is 0 Å². The minimum Gasteiger partial charge on any atom is -0.480 e. The molecule has 1 aliphatic rings. The predicted octanol–water partition coefficient (Wildman–Crippen LogP) is 1.40. The Morgan fingerprint density at radius 2 is 2.11 bits per heavy atom. The Kier molecular flexibility index (Phi) is 5.17. The van der Waals surface area contributed by atoms with Crippen LogP contribution in [0.1, 0.15) is 33.6 Å². The van der Waals surface area contributed by atoms with Gasteiger partial charge in [0.15, 0.2) is 0 Å². The van der Waals surface area contributed by atoms with Crippen LogP contribution in [0.25, 0.3) is 0 Å². The molecule has 6 nitrogen and oxygen atoms in total. The molecule has 0 radical (unpaired) electrons. The molecule has 1 N–H and O–H groups in total. The number of urea groups is 1. The van der Waals surface area contributed by atoms with E-state index in [0.29, 0.717) is 19.7 Å². The van der Waals surface area contributed by atoms with Crippen LogP contribution in [0.15, 0.2) is 0 Å². The van der Waals surface area contributed by atoms with Crippen LogP contribution < -0.4 is 0 Å². The first kappa shape index (κ1) is 15.8. The van der Waals surface area contributed by atoms with E-state index in [2.05, 4.69) is 0 Å². The van der Waals surface area contributed by atoms with Gasteiger partial charge >= 0.3 is 12.0 Å². The van der Waals surface area contributed by atoms with Crippen LogP contribution in [0.2, 0.25) is 0 Å². The van der Waals surface area contributed by atoms with Gasteiger partial charge in [-0.15, -0.1) is 0 Å². The second kappa shape index (κ2) is 6.23. The molecular formula is C13H24N2O4. The first-order chi connectivity index (χ1) is 8.80. The number of carbonyl (C=O) groups is 2. The number of carbonyl (C=O) groups excluding carboxylic acids is 1. The van der Waals surface area contributed by atoms with E-state index in [1.807, 2.05) is 6.92 Å². The van der Waals surface area contributed by atoms with Crippen molar-refractivity contribution in [3.63, 3.8) is 0 Å². The molecule has 0 aliphatic carbocycles. The lowest BCUT2D eigenvalue weighted by Crippen LogP contribution is -2.57. The van der Waals surface area contributed by atoms with Crippen LogP contribution in [0.3, 0.4) is 0 Å². The van der Waals surface area contributed by atoms with Gasteiger partial charge in [-0.1, -0.05) is 0 Å². The number of aliphatic carboxylic acids is 1. The zero-order chi connectivity index (χ0) is 14.6. The summed E-state index contributed by atoms with van der Waals surface area (Å²) in [6.45, 7) is 6.80. The van der Waals surface area contributed by atoms with E-state index in [0.717, 1.165) is 12.8 Å². The molecular weight excluding hydrogens is 248 g/mol. The minimum absolute atomic E-state index is 0.0593. The van der Waals surface area contributed by atoms with E-state index in [9.17, 15) is 9.59 Å². The van der Waals surface area contributed by atoms with Crippen molar-refractivity contribution in [2.45, 2.75) is 45.3 Å². The molecule has 1 aliphatic heterocycles. The standard InChI is InChI=1S/C13H24N2O4/c1-5-19-10-7-6-8-15(9-10)12(18)14(4)13(2,3)11(16)17/h10H,5-9H2,1-4H3,(H,16,17). The van der Waals surface area contributed by atoms with Gasteiger partial charge in [0, 0.05) is 26.7 Å². The molecule has 1 atom stereocenters. The Morgan fingerprint density at radius 1 is 1.47 bits per heavy atom. The Hall–Kier alpha value is -1.30. The van der Waals surface area contributed by atoms with Crippen molar-refractivity contribution in [2.75, 3.05) is 26.7 Å². The fraction of sp³-hybridized carbons (Fsp3) is 0.846. The van der Waals surface area contributed by atoms with Crippen molar-refractivity contribution in [3.8, 4) is 0 Å². The van der Waals surface area contributed by atoms with Crippen molar-refractivity contribution in [1.82, 2.24) is 9.80 Å². The van der Waals surface area contributed by atoms with Gasteiger partial charge in [0.25, 0.3) is 0 Å². The smallest absolute Gasteiger partial charge is 0.329 e. The molecule has 1 heterocycles. The van der Waals surface area contributed by atoms with Crippen LogP contribution in [-0.2, 0) is 9.53 Å². The molecule has 0 spiro atoms. The number of hydrogen-bond acceptors (Lipinski definition) is 3. The van der Waals surface area contributed by atoms with Gasteiger partial charge < -0.3 is 19.6 Å². The van der Waals surface area contributed by atoms with Gasteiger partial charge in [0.1, 0.15) is 5.54 Å². The first-order valence-corrected chi connectivity index (χ1v) is 6.68. The lowest BCUT2D eigenvalue weighted by atomic mass is 10.0. The van der Waals surface area contributed by atoms with Crippen LogP contribution >= 0.6 is 0 Å². The molecule has 0 aromatic rings. The average Bonchev–Trinajstić information content (AvgIpc) is 2.37. The summed E-state index contributed by atoms with van der Waals surface area (Å²) in [7, 11) is 1.53. The quantitative estimate of drug-likeness (QED) is 0.840. The lowest BCUT2D eigenvalue weighted by Gasteiger charge is -2.39. The second-order valence-corrected chi connectivity index (χ2v) is 5.37. The fourth-order valence-corrected chi connectivity index (χ4v) is 2.08. The van der Waals surface area contributed by atoms with Crippen molar-refractivity contribution in [3.05, 3.63) is 0 Å². The van der Waals surface area contributed by atoms with E-state index in [-0.39, 0.29) is 12.1 Å². The molecule has 1 fully saturated rings. The number of rotatable bonds is 4. The highest BCUT2D eigenvalue weighted by atomic mass is 16.5. The van der Waals surface area contributed by atoms with Gasteiger partial charge in [-0.2, -0.15) is 0 Å². The SMILES string of the molecule is CCOC1CCCN(C(=O)N(C)C(C)(C)C(=O)O)C1. The molecule has 6 heteroatoms. The monoisotopic (exact) mass is 272 g/mol. The molecule has 1 saturated heterocycles. The van der Waals surface area contributed by atoms with Crippen molar-refractivity contribution < 1.29 is 19.4 Å². The summed E-state index contributed by atoms with van der Waals surface area (Å²) in [4.78, 5) is 26.5. The van der Waals surface area contributed by atoms with E-state index < -0.39 is 11.5 Å². The Bertz CT molecular complexity index is 342. The minimum atomic E-state index is -1.21. The summed E-state index contributed by atoms with van der Waals surface area (Å²) >= 11 is 0. The van der Waals surface area contributed by atoms with Crippen LogP contribution in [0.5, 0.6) is 0 Å². The number of nitrogens with zero attached hydrogens (tertiary/aromatic N) is 2. The summed E-state index contributed by atoms with van der Waals surface area (Å²) in [6, 6.07) is -0.253. The zero-order valence-corrected chi connectivity index (χ0v) is 12.2. The number of likely N-dealkylation sites (N-methyl/N-ethyl adjacent to an activating group) is 1. The Morgan fingerprint density at radius 3 is 2.63 bits per heavy atom. The van der Waals surface area contributed by atoms with Crippen molar-refractivity contribution in [1.29, 1.82) is 0 Å². The third-order valence-corrected chi connectivity index (χ3v) is 3.70. The first-order valence-electron chi connectivity index (χ1n) is 6.68. The predicted molar refractivity (Wildman–Crippen MR) is 71.1 cm³/mol. The molecule has 1 unspecified atom stereocenters. The van der Waals surface area contributed by atoms with Crippen molar-refractivity contribution in [2.24, 2.45) is 0 Å². The number of amides is 2. The van der Waals surface area contributed by atoms with Gasteiger partial charge in [-0.25, -0.2) is 9.59 Å². The zero-order valence-electron chi connectivity index (χ0n) is 12.2. The summed E-state index contributed by atoms with van der Waals surface area (Å²) in [5.74, 6) is -1.01. The molecule has 0 bridgehead atoms. The van der Waals surface area contributed by atoms with Gasteiger partial charge in [-0.3, -0.25) is 0 Å². The largest absolute Gasteiger partial charge is 0.480 e. The normalized spacial score (nSPS) is 20.2. The third-order valence-electron chi connectivity index (χ3n) is 3.70. The van der Waals surface area contributed by atoms with E-state index in [4.69, 9.17) is 9.84 Å². The molecule has 19 heavy (non-hydrogen) atoms. The highest BCUT2D eigenvalue weighted by molar-refractivity contribution is 5.85. The van der Waals surface area contributed by atoms with Gasteiger partial charge in [-0.05, 0) is 33.6 Å². The summed E-state index contributed by atoms with van der Waals surface area (Å²) < 4.78 is 5.55. The summed E-state index contributed by atoms with van der Waals surface area (Å²) in [6.07, 6.45) is 1.89. The number of carboxylic acids is 1.